The van der Waals surface area contributed by atoms with Crippen LogP contribution in [0.3, 0.4) is 0 Å². The SMILES string of the molecule is CCS(=O)(=O)N1CCN(C(=O)c2cc(CC(C)C)[nH]c(=O)n2)CC1. The van der Waals surface area contributed by atoms with Gasteiger partial charge in [-0.05, 0) is 25.3 Å². The van der Waals surface area contributed by atoms with E-state index < -0.39 is 15.7 Å². The molecule has 1 aliphatic heterocycles. The van der Waals surface area contributed by atoms with Gasteiger partial charge in [0.1, 0.15) is 5.69 Å². The lowest BCUT2D eigenvalue weighted by Crippen LogP contribution is -2.51. The standard InChI is InChI=1S/C15H24N4O4S/c1-4-24(22,23)19-7-5-18(6-8-19)14(20)13-10-12(9-11(2)3)16-15(21)17-13/h10-11H,4-9H2,1-3H3,(H,16,17,21). The highest BCUT2D eigenvalue weighted by Gasteiger charge is 2.28. The number of carbonyl (C=O) groups is 1. The van der Waals surface area contributed by atoms with Crippen LogP contribution in [0.5, 0.6) is 0 Å². The molecule has 1 aromatic heterocycles. The van der Waals surface area contributed by atoms with E-state index in [1.54, 1.807) is 17.9 Å². The quantitative estimate of drug-likeness (QED) is 0.804. The summed E-state index contributed by atoms with van der Waals surface area (Å²) in [5.74, 6) is 0.0585. The van der Waals surface area contributed by atoms with Crippen molar-refractivity contribution in [2.45, 2.75) is 27.2 Å². The van der Waals surface area contributed by atoms with Crippen LogP contribution in [0.15, 0.2) is 10.9 Å². The molecule has 134 valence electrons. The molecule has 0 bridgehead atoms. The van der Waals surface area contributed by atoms with Crippen molar-refractivity contribution in [1.82, 2.24) is 19.2 Å². The maximum absolute atomic E-state index is 12.6. The smallest absolute Gasteiger partial charge is 0.335 e. The molecule has 1 N–H and O–H groups in total. The molecule has 1 fully saturated rings. The molecule has 24 heavy (non-hydrogen) atoms. The van der Waals surface area contributed by atoms with E-state index in [1.165, 1.54) is 4.31 Å². The second-order valence-corrected chi connectivity index (χ2v) is 8.54. The second-order valence-electron chi connectivity index (χ2n) is 6.29. The first kappa shape index (κ1) is 18.6. The molecule has 0 radical (unpaired) electrons. The van der Waals surface area contributed by atoms with Gasteiger partial charge in [0.15, 0.2) is 0 Å². The van der Waals surface area contributed by atoms with Gasteiger partial charge in [-0.2, -0.15) is 9.29 Å². The summed E-state index contributed by atoms with van der Waals surface area (Å²) in [6.45, 7) is 6.77. The average molecular weight is 356 g/mol. The summed E-state index contributed by atoms with van der Waals surface area (Å²) in [6, 6.07) is 1.61. The van der Waals surface area contributed by atoms with E-state index in [4.69, 9.17) is 0 Å². The Kier molecular flexibility index (Phi) is 5.76. The number of H-pyrrole nitrogens is 1. The lowest BCUT2D eigenvalue weighted by atomic mass is 10.1. The number of nitrogens with zero attached hydrogens (tertiary/aromatic N) is 3. The van der Waals surface area contributed by atoms with Gasteiger partial charge in [-0.15, -0.1) is 0 Å². The first-order chi connectivity index (χ1) is 11.2. The van der Waals surface area contributed by atoms with Gasteiger partial charge in [0.2, 0.25) is 10.0 Å². The molecule has 9 heteroatoms. The number of carbonyl (C=O) groups excluding carboxylic acids is 1. The second kappa shape index (κ2) is 7.43. The molecule has 1 saturated heterocycles. The van der Waals surface area contributed by atoms with E-state index >= 15 is 0 Å². The Morgan fingerprint density at radius 3 is 2.46 bits per heavy atom. The zero-order chi connectivity index (χ0) is 17.9. The van der Waals surface area contributed by atoms with Gasteiger partial charge in [-0.1, -0.05) is 13.8 Å². The molecule has 0 unspecified atom stereocenters. The minimum atomic E-state index is -3.24. The number of hydrogen-bond donors (Lipinski definition) is 1. The van der Waals surface area contributed by atoms with Crippen LogP contribution in [0.25, 0.3) is 0 Å². The third kappa shape index (κ3) is 4.41. The minimum absolute atomic E-state index is 0.0507. The topological polar surface area (TPSA) is 103 Å². The van der Waals surface area contributed by atoms with Crippen LogP contribution in [0.1, 0.15) is 37.0 Å². The molecular weight excluding hydrogens is 332 g/mol. The van der Waals surface area contributed by atoms with E-state index in [9.17, 15) is 18.0 Å². The van der Waals surface area contributed by atoms with Crippen molar-refractivity contribution in [3.8, 4) is 0 Å². The number of nitrogens with one attached hydrogen (secondary N) is 1. The fourth-order valence-corrected chi connectivity index (χ4v) is 3.77. The maximum Gasteiger partial charge on any atom is 0.345 e. The number of rotatable bonds is 5. The molecule has 0 aliphatic carbocycles. The Labute approximate surface area is 141 Å². The van der Waals surface area contributed by atoms with Gasteiger partial charge in [-0.3, -0.25) is 4.79 Å². The van der Waals surface area contributed by atoms with Crippen LogP contribution in [-0.4, -0.2) is 65.4 Å². The first-order valence-corrected chi connectivity index (χ1v) is 9.71. The summed E-state index contributed by atoms with van der Waals surface area (Å²) in [6.07, 6.45) is 0.653. The molecule has 0 aromatic carbocycles. The Hall–Kier alpha value is -1.74. The van der Waals surface area contributed by atoms with Crippen molar-refractivity contribution in [1.29, 1.82) is 0 Å². The fraction of sp³-hybridized carbons (Fsp3) is 0.667. The van der Waals surface area contributed by atoms with Crippen LogP contribution in [0.4, 0.5) is 0 Å². The molecule has 1 aromatic rings. The third-order valence-electron chi connectivity index (χ3n) is 3.93. The lowest BCUT2D eigenvalue weighted by molar-refractivity contribution is 0.0691. The average Bonchev–Trinajstić information content (AvgIpc) is 2.53. The zero-order valence-electron chi connectivity index (χ0n) is 14.3. The van der Waals surface area contributed by atoms with Crippen molar-refractivity contribution in [2.75, 3.05) is 31.9 Å². The van der Waals surface area contributed by atoms with Crippen LogP contribution in [0, 0.1) is 5.92 Å². The predicted octanol–water partition coefficient (Wildman–Crippen LogP) is 0.0759. The van der Waals surface area contributed by atoms with Crippen LogP contribution < -0.4 is 5.69 Å². The summed E-state index contributed by atoms with van der Waals surface area (Å²) in [7, 11) is -3.24. The monoisotopic (exact) mass is 356 g/mol. The number of aromatic nitrogens is 2. The van der Waals surface area contributed by atoms with Gasteiger partial charge in [0.05, 0.1) is 5.75 Å². The van der Waals surface area contributed by atoms with Crippen molar-refractivity contribution < 1.29 is 13.2 Å². The molecule has 2 rings (SSSR count). The third-order valence-corrected chi connectivity index (χ3v) is 5.81. The number of piperazine rings is 1. The molecule has 1 amide bonds. The largest absolute Gasteiger partial charge is 0.345 e. The number of sulfonamides is 1. The van der Waals surface area contributed by atoms with Crippen molar-refractivity contribution >= 4 is 15.9 Å². The van der Waals surface area contributed by atoms with E-state index in [-0.39, 0.29) is 30.4 Å². The molecular formula is C15H24N4O4S. The van der Waals surface area contributed by atoms with Gasteiger partial charge in [-0.25, -0.2) is 13.2 Å². The number of hydrogen-bond acceptors (Lipinski definition) is 5. The Bertz CT molecular complexity index is 749. The molecule has 0 atom stereocenters. The summed E-state index contributed by atoms with van der Waals surface area (Å²) >= 11 is 0. The van der Waals surface area contributed by atoms with E-state index in [1.807, 2.05) is 13.8 Å². The summed E-state index contributed by atoms with van der Waals surface area (Å²) < 4.78 is 25.1. The summed E-state index contributed by atoms with van der Waals surface area (Å²) in [5, 5.41) is 0. The number of amides is 1. The zero-order valence-corrected chi connectivity index (χ0v) is 15.1. The highest BCUT2D eigenvalue weighted by Crippen LogP contribution is 2.11. The van der Waals surface area contributed by atoms with Crippen LogP contribution in [-0.2, 0) is 16.4 Å². The normalized spacial score (nSPS) is 16.6. The molecule has 2 heterocycles. The van der Waals surface area contributed by atoms with E-state index in [0.29, 0.717) is 31.1 Å². The van der Waals surface area contributed by atoms with Crippen LogP contribution >= 0.6 is 0 Å². The van der Waals surface area contributed by atoms with Gasteiger partial charge < -0.3 is 9.88 Å². The van der Waals surface area contributed by atoms with Gasteiger partial charge in [0, 0.05) is 31.9 Å². The Morgan fingerprint density at radius 2 is 1.92 bits per heavy atom. The maximum atomic E-state index is 12.6. The highest BCUT2D eigenvalue weighted by atomic mass is 32.2. The van der Waals surface area contributed by atoms with Crippen molar-refractivity contribution in [3.63, 3.8) is 0 Å². The minimum Gasteiger partial charge on any atom is -0.335 e. The molecule has 0 saturated carbocycles. The van der Waals surface area contributed by atoms with E-state index in [0.717, 1.165) is 0 Å². The predicted molar refractivity (Wildman–Crippen MR) is 90.3 cm³/mol. The van der Waals surface area contributed by atoms with Crippen molar-refractivity contribution in [3.05, 3.63) is 27.9 Å². The Balaban J connectivity index is 2.11. The fourth-order valence-electron chi connectivity index (χ4n) is 2.68. The van der Waals surface area contributed by atoms with Gasteiger partial charge >= 0.3 is 5.69 Å². The van der Waals surface area contributed by atoms with E-state index in [2.05, 4.69) is 9.97 Å². The van der Waals surface area contributed by atoms with Crippen LogP contribution in [0.2, 0.25) is 0 Å². The highest BCUT2D eigenvalue weighted by molar-refractivity contribution is 7.89. The van der Waals surface area contributed by atoms with Crippen molar-refractivity contribution in [2.24, 2.45) is 5.92 Å². The summed E-state index contributed by atoms with van der Waals surface area (Å²) in [4.78, 5) is 32.2. The molecule has 8 nitrogen and oxygen atoms in total. The lowest BCUT2D eigenvalue weighted by Gasteiger charge is -2.33. The molecule has 1 aliphatic rings. The summed E-state index contributed by atoms with van der Waals surface area (Å²) in [5.41, 5.74) is 0.255. The first-order valence-electron chi connectivity index (χ1n) is 8.10. The molecule has 0 spiro atoms. The number of aromatic amines is 1. The Morgan fingerprint density at radius 1 is 1.29 bits per heavy atom. The van der Waals surface area contributed by atoms with Gasteiger partial charge in [0.25, 0.3) is 5.91 Å².